The molecule has 0 bridgehead atoms. The first-order valence-corrected chi connectivity index (χ1v) is 13.1. The first-order chi connectivity index (χ1) is 16.2. The van der Waals surface area contributed by atoms with Gasteiger partial charge in [0, 0.05) is 50.6 Å². The fraction of sp³-hybridized carbons (Fsp3) is 0.750. The van der Waals surface area contributed by atoms with Crippen LogP contribution in [0.1, 0.15) is 72.2 Å². The summed E-state index contributed by atoms with van der Waals surface area (Å²) in [6.45, 7) is 4.66. The van der Waals surface area contributed by atoms with Gasteiger partial charge in [-0.05, 0) is 44.1 Å². The van der Waals surface area contributed by atoms with Gasteiger partial charge in [-0.3, -0.25) is 4.79 Å². The van der Waals surface area contributed by atoms with Crippen molar-refractivity contribution in [1.82, 2.24) is 20.0 Å². The van der Waals surface area contributed by atoms with E-state index in [1.165, 1.54) is 35.5 Å². The summed E-state index contributed by atoms with van der Waals surface area (Å²) in [5, 5.41) is 4.44. The smallest absolute Gasteiger partial charge is 0.340 e. The number of ketones is 1. The van der Waals surface area contributed by atoms with E-state index in [9.17, 15) is 18.0 Å². The summed E-state index contributed by atoms with van der Waals surface area (Å²) in [6, 6.07) is 0. The Hall–Kier alpha value is -1.81. The minimum absolute atomic E-state index is 0.00404. The molecule has 0 atom stereocenters. The van der Waals surface area contributed by atoms with Crippen LogP contribution in [0.2, 0.25) is 0 Å². The molecule has 0 N–H and O–H groups in total. The van der Waals surface area contributed by atoms with Gasteiger partial charge >= 0.3 is 6.18 Å². The Labute approximate surface area is 202 Å². The van der Waals surface area contributed by atoms with Crippen LogP contribution in [-0.4, -0.2) is 51.6 Å². The number of carbonyl (C=O) groups excluding carboxylic acids is 1. The zero-order valence-electron chi connectivity index (χ0n) is 19.7. The monoisotopic (exact) mass is 498 g/mol. The molecule has 2 aromatic rings. The molecule has 0 saturated heterocycles. The Kier molecular flexibility index (Phi) is 8.39. The van der Waals surface area contributed by atoms with Crippen molar-refractivity contribution >= 4 is 17.1 Å². The molecule has 1 aliphatic heterocycles. The van der Waals surface area contributed by atoms with Gasteiger partial charge in [-0.1, -0.05) is 18.0 Å². The van der Waals surface area contributed by atoms with Crippen LogP contribution in [-0.2, 0) is 30.5 Å². The molecule has 4 rings (SSSR count). The van der Waals surface area contributed by atoms with Crippen LogP contribution in [0.3, 0.4) is 0 Å². The van der Waals surface area contributed by atoms with Crippen LogP contribution in [0.25, 0.3) is 0 Å². The van der Waals surface area contributed by atoms with Gasteiger partial charge in [-0.25, -0.2) is 4.98 Å². The lowest BCUT2D eigenvalue weighted by Crippen LogP contribution is -2.30. The van der Waals surface area contributed by atoms with Gasteiger partial charge in [0.1, 0.15) is 5.78 Å². The SMILES string of the molecule is Cc1nc(CC(=O)CC2CCC(CCN3CCc4nc(CCC(F)(F)F)sc4CC3)CC2)no1. The van der Waals surface area contributed by atoms with Gasteiger partial charge in [0.25, 0.3) is 0 Å². The number of hydrogen-bond acceptors (Lipinski definition) is 7. The first kappa shape index (κ1) is 25.3. The summed E-state index contributed by atoms with van der Waals surface area (Å²) in [5.41, 5.74) is 1.01. The maximum Gasteiger partial charge on any atom is 0.389 e. The van der Waals surface area contributed by atoms with E-state index in [2.05, 4.69) is 20.0 Å². The largest absolute Gasteiger partial charge is 0.389 e. The summed E-state index contributed by atoms with van der Waals surface area (Å²) in [6.07, 6.45) is 3.37. The highest BCUT2D eigenvalue weighted by molar-refractivity contribution is 7.11. The van der Waals surface area contributed by atoms with Crippen molar-refractivity contribution < 1.29 is 22.5 Å². The van der Waals surface area contributed by atoms with Crippen molar-refractivity contribution in [3.63, 3.8) is 0 Å². The predicted octanol–water partition coefficient (Wildman–Crippen LogP) is 5.13. The Morgan fingerprint density at radius 1 is 1.12 bits per heavy atom. The Balaban J connectivity index is 1.13. The zero-order valence-corrected chi connectivity index (χ0v) is 20.5. The number of halogens is 3. The Morgan fingerprint density at radius 3 is 2.56 bits per heavy atom. The van der Waals surface area contributed by atoms with Crippen molar-refractivity contribution in [2.24, 2.45) is 11.8 Å². The van der Waals surface area contributed by atoms with Gasteiger partial charge in [0.15, 0.2) is 5.82 Å². The van der Waals surface area contributed by atoms with Crippen LogP contribution in [0.15, 0.2) is 4.52 Å². The predicted molar refractivity (Wildman–Crippen MR) is 123 cm³/mol. The van der Waals surface area contributed by atoms with Crippen LogP contribution in [0, 0.1) is 18.8 Å². The third-order valence-corrected chi connectivity index (χ3v) is 8.24. The summed E-state index contributed by atoms with van der Waals surface area (Å²) < 4.78 is 42.4. The lowest BCUT2D eigenvalue weighted by Gasteiger charge is -2.30. The number of aryl methyl sites for hydroxylation is 2. The average Bonchev–Trinajstić information content (AvgIpc) is 3.32. The molecule has 0 radical (unpaired) electrons. The summed E-state index contributed by atoms with van der Waals surface area (Å²) >= 11 is 1.47. The molecular formula is C24H33F3N4O2S. The van der Waals surface area contributed by atoms with E-state index in [0.717, 1.165) is 51.0 Å². The molecule has 1 aliphatic carbocycles. The topological polar surface area (TPSA) is 72.1 Å². The van der Waals surface area contributed by atoms with Crippen molar-refractivity contribution in [2.45, 2.75) is 83.7 Å². The van der Waals surface area contributed by atoms with Gasteiger partial charge < -0.3 is 9.42 Å². The molecule has 2 aromatic heterocycles. The van der Waals surface area contributed by atoms with E-state index < -0.39 is 12.6 Å². The normalized spacial score (nSPS) is 21.9. The lowest BCUT2D eigenvalue weighted by molar-refractivity contribution is -0.134. The molecule has 1 saturated carbocycles. The molecule has 0 unspecified atom stereocenters. The molecule has 0 aromatic carbocycles. The second-order valence-electron chi connectivity index (χ2n) is 9.76. The molecule has 2 aliphatic rings. The van der Waals surface area contributed by atoms with Crippen molar-refractivity contribution in [3.05, 3.63) is 27.3 Å². The molecule has 188 valence electrons. The molecule has 1 fully saturated rings. The number of nitrogens with zero attached hydrogens (tertiary/aromatic N) is 4. The summed E-state index contributed by atoms with van der Waals surface area (Å²) in [7, 11) is 0. The zero-order chi connectivity index (χ0) is 24.1. The number of thiazole rings is 1. The van der Waals surface area contributed by atoms with E-state index in [1.807, 2.05) is 0 Å². The molecular weight excluding hydrogens is 465 g/mol. The number of rotatable bonds is 9. The minimum Gasteiger partial charge on any atom is -0.340 e. The molecule has 0 amide bonds. The lowest BCUT2D eigenvalue weighted by atomic mass is 9.78. The molecule has 3 heterocycles. The number of aromatic nitrogens is 3. The van der Waals surface area contributed by atoms with Gasteiger partial charge in [0.05, 0.1) is 17.1 Å². The molecule has 10 heteroatoms. The van der Waals surface area contributed by atoms with Crippen molar-refractivity contribution in [2.75, 3.05) is 19.6 Å². The number of Topliss-reactive ketones (excluding diaryl/α,β-unsaturated/α-hetero) is 1. The van der Waals surface area contributed by atoms with Crippen LogP contribution in [0.5, 0.6) is 0 Å². The highest BCUT2D eigenvalue weighted by Gasteiger charge is 2.28. The third kappa shape index (κ3) is 7.60. The van der Waals surface area contributed by atoms with Crippen LogP contribution in [0.4, 0.5) is 13.2 Å². The molecule has 34 heavy (non-hydrogen) atoms. The number of fused-ring (bicyclic) bond motifs is 1. The number of carbonyl (C=O) groups is 1. The van der Waals surface area contributed by atoms with Gasteiger partial charge in [0.2, 0.25) is 5.89 Å². The second kappa shape index (κ2) is 11.3. The standard InChI is InChI=1S/C24H33F3N4O2S/c1-16-28-22(30-33-16)15-19(32)14-18-4-2-17(3-5-18)7-11-31-12-8-20-21(9-13-31)34-23(29-20)6-10-24(25,26)27/h17-18H,2-15H2,1H3. The fourth-order valence-corrected chi connectivity index (χ4v) is 6.22. The summed E-state index contributed by atoms with van der Waals surface area (Å²) in [5.74, 6) is 2.33. The fourth-order valence-electron chi connectivity index (χ4n) is 5.12. The molecule has 0 spiro atoms. The Bertz CT molecular complexity index is 925. The highest BCUT2D eigenvalue weighted by Crippen LogP contribution is 2.33. The third-order valence-electron chi connectivity index (χ3n) is 7.03. The number of hydrogen-bond donors (Lipinski definition) is 0. The highest BCUT2D eigenvalue weighted by atomic mass is 32.1. The second-order valence-corrected chi connectivity index (χ2v) is 10.9. The van der Waals surface area contributed by atoms with Crippen LogP contribution >= 0.6 is 11.3 Å². The average molecular weight is 499 g/mol. The van der Waals surface area contributed by atoms with E-state index >= 15 is 0 Å². The maximum absolute atomic E-state index is 12.5. The van der Waals surface area contributed by atoms with E-state index in [0.29, 0.717) is 35.0 Å². The summed E-state index contributed by atoms with van der Waals surface area (Å²) in [4.78, 5) is 24.6. The first-order valence-electron chi connectivity index (χ1n) is 12.3. The van der Waals surface area contributed by atoms with Gasteiger partial charge in [-0.15, -0.1) is 11.3 Å². The molecule has 6 nitrogen and oxygen atoms in total. The number of alkyl halides is 3. The minimum atomic E-state index is -4.12. The van der Waals surface area contributed by atoms with Crippen molar-refractivity contribution in [3.8, 4) is 0 Å². The van der Waals surface area contributed by atoms with Gasteiger partial charge in [-0.2, -0.15) is 18.2 Å². The quantitative estimate of drug-likeness (QED) is 0.477. The van der Waals surface area contributed by atoms with Crippen LogP contribution < -0.4 is 0 Å². The van der Waals surface area contributed by atoms with E-state index in [4.69, 9.17) is 4.52 Å². The van der Waals surface area contributed by atoms with E-state index in [1.54, 1.807) is 6.92 Å². The van der Waals surface area contributed by atoms with E-state index in [-0.39, 0.29) is 18.6 Å². The van der Waals surface area contributed by atoms with Crippen molar-refractivity contribution in [1.29, 1.82) is 0 Å². The Morgan fingerprint density at radius 2 is 1.85 bits per heavy atom. The maximum atomic E-state index is 12.5.